The predicted octanol–water partition coefficient (Wildman–Crippen LogP) is 1.88. The molecule has 1 aliphatic heterocycles. The number of urea groups is 1. The highest BCUT2D eigenvalue weighted by atomic mass is 16.5. The lowest BCUT2D eigenvalue weighted by atomic mass is 10.2. The van der Waals surface area contributed by atoms with Crippen LogP contribution in [-0.4, -0.2) is 47.6 Å². The molecule has 27 heavy (non-hydrogen) atoms. The van der Waals surface area contributed by atoms with Crippen molar-refractivity contribution in [1.29, 1.82) is 5.26 Å². The van der Waals surface area contributed by atoms with Gasteiger partial charge in [0.15, 0.2) is 0 Å². The summed E-state index contributed by atoms with van der Waals surface area (Å²) in [6.45, 7) is 0.0533. The largest absolute Gasteiger partial charge is 0.497 e. The minimum Gasteiger partial charge on any atom is -0.497 e. The number of likely N-dealkylation sites (tertiary alicyclic amines) is 1. The fourth-order valence-electron chi connectivity index (χ4n) is 3.75. The van der Waals surface area contributed by atoms with Gasteiger partial charge in [-0.1, -0.05) is 0 Å². The van der Waals surface area contributed by atoms with Crippen molar-refractivity contribution in [3.8, 4) is 11.8 Å². The quantitative estimate of drug-likeness (QED) is 0.857. The number of hydrogen-bond acceptors (Lipinski definition) is 6. The van der Waals surface area contributed by atoms with E-state index < -0.39 is 11.9 Å². The van der Waals surface area contributed by atoms with Crippen molar-refractivity contribution in [3.05, 3.63) is 30.5 Å². The normalized spacial score (nSPS) is 23.3. The molecule has 0 unspecified atom stereocenters. The van der Waals surface area contributed by atoms with E-state index in [4.69, 9.17) is 4.74 Å². The van der Waals surface area contributed by atoms with Crippen LogP contribution < -0.4 is 15.4 Å². The number of imide groups is 1. The van der Waals surface area contributed by atoms with Crippen LogP contribution in [0.5, 0.6) is 5.75 Å². The maximum Gasteiger partial charge on any atom is 0.325 e. The standard InChI is InChI=1S/C19H19N5O3/c1-27-13-2-3-15-14(8-13)16(4-5-21-15)22-19(26)23-18(25)10-24-12(9-20)6-11-7-17(11)24/h2-5,8,11-12,17H,6-7,10H2,1H3,(H2,21,22,23,25,26)/t11-,12+,17+/m1/s1. The number of aromatic nitrogens is 1. The molecular weight excluding hydrogens is 346 g/mol. The maximum absolute atomic E-state index is 12.3. The first-order chi connectivity index (χ1) is 13.1. The topological polar surface area (TPSA) is 107 Å². The number of anilines is 1. The molecule has 2 aliphatic rings. The van der Waals surface area contributed by atoms with Gasteiger partial charge in [-0.25, -0.2) is 4.79 Å². The predicted molar refractivity (Wildman–Crippen MR) is 98.1 cm³/mol. The lowest BCUT2D eigenvalue weighted by molar-refractivity contribution is -0.121. The van der Waals surface area contributed by atoms with Crippen LogP contribution in [0.1, 0.15) is 12.8 Å². The summed E-state index contributed by atoms with van der Waals surface area (Å²) in [5.41, 5.74) is 1.23. The molecular formula is C19H19N5O3. The van der Waals surface area contributed by atoms with Crippen LogP contribution in [-0.2, 0) is 4.79 Å². The zero-order chi connectivity index (χ0) is 19.0. The Bertz CT molecular complexity index is 954. The number of ether oxygens (including phenoxy) is 1. The van der Waals surface area contributed by atoms with Gasteiger partial charge in [0.2, 0.25) is 5.91 Å². The molecule has 2 heterocycles. The Morgan fingerprint density at radius 3 is 3.00 bits per heavy atom. The Balaban J connectivity index is 1.41. The van der Waals surface area contributed by atoms with E-state index in [1.165, 1.54) is 0 Å². The Labute approximate surface area is 156 Å². The highest BCUT2D eigenvalue weighted by Gasteiger charge is 2.52. The number of carbonyl (C=O) groups excluding carboxylic acids is 2. The van der Waals surface area contributed by atoms with Gasteiger partial charge in [0.05, 0.1) is 37.0 Å². The zero-order valence-electron chi connectivity index (χ0n) is 14.8. The molecule has 8 heteroatoms. The molecule has 2 fully saturated rings. The molecule has 0 radical (unpaired) electrons. The van der Waals surface area contributed by atoms with Crippen molar-refractivity contribution in [1.82, 2.24) is 15.2 Å². The number of pyridine rings is 1. The molecule has 4 rings (SSSR count). The van der Waals surface area contributed by atoms with Gasteiger partial charge >= 0.3 is 6.03 Å². The maximum atomic E-state index is 12.3. The summed E-state index contributed by atoms with van der Waals surface area (Å²) in [4.78, 5) is 30.6. The summed E-state index contributed by atoms with van der Waals surface area (Å²) in [5.74, 6) is 0.747. The molecule has 1 aromatic carbocycles. The fourth-order valence-corrected chi connectivity index (χ4v) is 3.75. The van der Waals surface area contributed by atoms with Gasteiger partial charge in [0.1, 0.15) is 5.75 Å². The molecule has 1 saturated carbocycles. The number of nitriles is 1. The summed E-state index contributed by atoms with van der Waals surface area (Å²) in [7, 11) is 1.56. The third kappa shape index (κ3) is 3.41. The number of nitrogens with zero attached hydrogens (tertiary/aromatic N) is 3. The van der Waals surface area contributed by atoms with E-state index in [0.717, 1.165) is 12.8 Å². The number of carbonyl (C=O) groups is 2. The monoisotopic (exact) mass is 365 g/mol. The van der Waals surface area contributed by atoms with Crippen LogP contribution in [0.25, 0.3) is 10.9 Å². The van der Waals surface area contributed by atoms with Crippen molar-refractivity contribution in [2.75, 3.05) is 19.0 Å². The second-order valence-electron chi connectivity index (χ2n) is 6.86. The second-order valence-corrected chi connectivity index (χ2v) is 6.86. The van der Waals surface area contributed by atoms with E-state index in [0.29, 0.717) is 34.3 Å². The SMILES string of the molecule is COc1ccc2nccc(NC(=O)NC(=O)CN3[C@H](C#N)C[C@@H]4C[C@@H]43)c2c1. The van der Waals surface area contributed by atoms with Crippen LogP contribution in [0.4, 0.5) is 10.5 Å². The van der Waals surface area contributed by atoms with Crippen LogP contribution in [0, 0.1) is 17.2 Å². The Hall–Kier alpha value is -3.18. The molecule has 3 amide bonds. The van der Waals surface area contributed by atoms with Crippen molar-refractivity contribution in [2.45, 2.75) is 24.9 Å². The van der Waals surface area contributed by atoms with E-state index in [-0.39, 0.29) is 12.6 Å². The lowest BCUT2D eigenvalue weighted by Gasteiger charge is -2.21. The van der Waals surface area contributed by atoms with Crippen LogP contribution in [0.2, 0.25) is 0 Å². The van der Waals surface area contributed by atoms with Gasteiger partial charge in [-0.3, -0.25) is 20.0 Å². The van der Waals surface area contributed by atoms with Crippen molar-refractivity contribution in [2.24, 2.45) is 5.92 Å². The molecule has 0 spiro atoms. The Morgan fingerprint density at radius 1 is 1.37 bits per heavy atom. The number of fused-ring (bicyclic) bond motifs is 2. The molecule has 2 N–H and O–H groups in total. The average Bonchev–Trinajstić information content (AvgIpc) is 3.36. The number of methoxy groups -OCH3 is 1. The number of hydrogen-bond donors (Lipinski definition) is 2. The van der Waals surface area contributed by atoms with Gasteiger partial charge in [-0.2, -0.15) is 5.26 Å². The molecule has 138 valence electrons. The summed E-state index contributed by atoms with van der Waals surface area (Å²) in [6, 6.07) is 8.70. The minimum atomic E-state index is -0.615. The Morgan fingerprint density at radius 2 is 2.22 bits per heavy atom. The van der Waals surface area contributed by atoms with E-state index in [1.807, 2.05) is 4.90 Å². The summed E-state index contributed by atoms with van der Waals surface area (Å²) in [6.07, 6.45) is 3.43. The highest BCUT2D eigenvalue weighted by molar-refractivity contribution is 6.06. The average molecular weight is 365 g/mol. The van der Waals surface area contributed by atoms with Gasteiger partial charge < -0.3 is 10.1 Å². The van der Waals surface area contributed by atoms with Crippen molar-refractivity contribution in [3.63, 3.8) is 0 Å². The summed E-state index contributed by atoms with van der Waals surface area (Å²) in [5, 5.41) is 14.9. The second kappa shape index (κ2) is 6.85. The summed E-state index contributed by atoms with van der Waals surface area (Å²) >= 11 is 0. The number of amides is 3. The summed E-state index contributed by atoms with van der Waals surface area (Å²) < 4.78 is 5.21. The van der Waals surface area contributed by atoms with Gasteiger partial charge in [0.25, 0.3) is 0 Å². The number of nitrogens with one attached hydrogen (secondary N) is 2. The molecule has 8 nitrogen and oxygen atoms in total. The Kier molecular flexibility index (Phi) is 4.38. The molecule has 2 aromatic rings. The van der Waals surface area contributed by atoms with Crippen LogP contribution in [0.15, 0.2) is 30.5 Å². The molecule has 1 aliphatic carbocycles. The first-order valence-electron chi connectivity index (χ1n) is 8.78. The number of rotatable bonds is 4. The van der Waals surface area contributed by atoms with E-state index in [2.05, 4.69) is 21.7 Å². The number of piperidine rings is 1. The van der Waals surface area contributed by atoms with E-state index in [1.54, 1.807) is 37.6 Å². The third-order valence-corrected chi connectivity index (χ3v) is 5.16. The molecule has 1 aromatic heterocycles. The van der Waals surface area contributed by atoms with Gasteiger partial charge in [-0.15, -0.1) is 0 Å². The lowest BCUT2D eigenvalue weighted by Crippen LogP contribution is -2.44. The number of benzene rings is 1. The fraction of sp³-hybridized carbons (Fsp3) is 0.368. The first-order valence-corrected chi connectivity index (χ1v) is 8.78. The molecule has 1 saturated heterocycles. The molecule has 3 atom stereocenters. The van der Waals surface area contributed by atoms with Crippen LogP contribution in [0.3, 0.4) is 0 Å². The van der Waals surface area contributed by atoms with Gasteiger partial charge in [0, 0.05) is 17.6 Å². The molecule has 0 bridgehead atoms. The zero-order valence-corrected chi connectivity index (χ0v) is 14.8. The van der Waals surface area contributed by atoms with E-state index >= 15 is 0 Å². The van der Waals surface area contributed by atoms with E-state index in [9.17, 15) is 14.9 Å². The van der Waals surface area contributed by atoms with Crippen LogP contribution >= 0.6 is 0 Å². The first kappa shape index (κ1) is 17.2. The van der Waals surface area contributed by atoms with Gasteiger partial charge in [-0.05, 0) is 43.0 Å². The van der Waals surface area contributed by atoms with Crippen molar-refractivity contribution >= 4 is 28.5 Å². The highest BCUT2D eigenvalue weighted by Crippen LogP contribution is 2.47. The minimum absolute atomic E-state index is 0.0533. The van der Waals surface area contributed by atoms with Crippen molar-refractivity contribution < 1.29 is 14.3 Å². The smallest absolute Gasteiger partial charge is 0.325 e. The third-order valence-electron chi connectivity index (χ3n) is 5.16.